The van der Waals surface area contributed by atoms with Crippen molar-refractivity contribution in [1.82, 2.24) is 0 Å². The van der Waals surface area contributed by atoms with Crippen molar-refractivity contribution in [2.45, 2.75) is 4.90 Å². The lowest BCUT2D eigenvalue weighted by Gasteiger charge is -2.15. The van der Waals surface area contributed by atoms with Gasteiger partial charge in [-0.25, -0.2) is 12.8 Å². The standard InChI is InChI=1S/C19H14Cl2FNO4S/c1-27-17-7-4-12(11-2-5-14(22)6-3-11)8-16(17)23-28(25,26)18-10-13(20)9-15(21)19(18)24/h2-10,23-24H,1H3. The molecule has 0 aliphatic heterocycles. The molecule has 0 saturated heterocycles. The second-order valence-corrected chi connectivity index (χ2v) is 8.26. The van der Waals surface area contributed by atoms with E-state index in [1.165, 1.54) is 31.4 Å². The van der Waals surface area contributed by atoms with Crippen LogP contribution in [-0.4, -0.2) is 20.6 Å². The van der Waals surface area contributed by atoms with Gasteiger partial charge in [-0.2, -0.15) is 0 Å². The van der Waals surface area contributed by atoms with Crippen molar-refractivity contribution >= 4 is 38.9 Å². The zero-order valence-electron chi connectivity index (χ0n) is 14.4. The van der Waals surface area contributed by atoms with Gasteiger partial charge in [-0.3, -0.25) is 4.72 Å². The molecule has 28 heavy (non-hydrogen) atoms. The number of phenols is 1. The van der Waals surface area contributed by atoms with Crippen molar-refractivity contribution in [3.05, 3.63) is 70.5 Å². The van der Waals surface area contributed by atoms with Crippen molar-refractivity contribution in [3.63, 3.8) is 0 Å². The molecule has 0 aliphatic rings. The zero-order chi connectivity index (χ0) is 20.5. The average Bonchev–Trinajstić information content (AvgIpc) is 2.65. The summed E-state index contributed by atoms with van der Waals surface area (Å²) in [5, 5.41) is 9.90. The molecule has 0 amide bonds. The van der Waals surface area contributed by atoms with Gasteiger partial charge in [0.15, 0.2) is 5.75 Å². The minimum Gasteiger partial charge on any atom is -0.505 e. The van der Waals surface area contributed by atoms with E-state index >= 15 is 0 Å². The molecule has 0 spiro atoms. The lowest BCUT2D eigenvalue weighted by molar-refractivity contribution is 0.417. The lowest BCUT2D eigenvalue weighted by atomic mass is 10.0. The Labute approximate surface area is 171 Å². The molecule has 0 aliphatic carbocycles. The highest BCUT2D eigenvalue weighted by Gasteiger charge is 2.23. The molecule has 3 aromatic rings. The monoisotopic (exact) mass is 441 g/mol. The highest BCUT2D eigenvalue weighted by atomic mass is 35.5. The Morgan fingerprint density at radius 1 is 1.00 bits per heavy atom. The van der Waals surface area contributed by atoms with Crippen molar-refractivity contribution in [2.75, 3.05) is 11.8 Å². The summed E-state index contributed by atoms with van der Waals surface area (Å²) in [5.74, 6) is -0.749. The molecule has 0 fully saturated rings. The van der Waals surface area contributed by atoms with Gasteiger partial charge in [0.25, 0.3) is 10.0 Å². The summed E-state index contributed by atoms with van der Waals surface area (Å²) in [7, 11) is -2.85. The van der Waals surface area contributed by atoms with Gasteiger partial charge >= 0.3 is 0 Å². The summed E-state index contributed by atoms with van der Waals surface area (Å²) in [6.07, 6.45) is 0. The Hall–Kier alpha value is -2.48. The van der Waals surface area contributed by atoms with Gasteiger partial charge in [0.2, 0.25) is 0 Å². The number of hydrogen-bond donors (Lipinski definition) is 2. The fourth-order valence-corrected chi connectivity index (χ4v) is 4.38. The number of hydrogen-bond acceptors (Lipinski definition) is 4. The Balaban J connectivity index is 2.05. The van der Waals surface area contributed by atoms with E-state index in [-0.39, 0.29) is 27.3 Å². The minimum atomic E-state index is -4.24. The maximum atomic E-state index is 13.2. The molecule has 3 aromatic carbocycles. The van der Waals surface area contributed by atoms with Crippen LogP contribution in [-0.2, 0) is 10.0 Å². The van der Waals surface area contributed by atoms with Crippen LogP contribution in [0.2, 0.25) is 10.0 Å². The molecule has 0 atom stereocenters. The fraction of sp³-hybridized carbons (Fsp3) is 0.0526. The predicted octanol–water partition coefficient (Wildman–Crippen LogP) is 5.31. The quantitative estimate of drug-likeness (QED) is 0.561. The van der Waals surface area contributed by atoms with Crippen LogP contribution in [0.15, 0.2) is 59.5 Å². The van der Waals surface area contributed by atoms with Crippen LogP contribution in [0.4, 0.5) is 10.1 Å². The summed E-state index contributed by atoms with van der Waals surface area (Å²) in [5.41, 5.74) is 1.44. The number of benzene rings is 3. The minimum absolute atomic E-state index is 0.0511. The topological polar surface area (TPSA) is 75.6 Å². The van der Waals surface area contributed by atoms with E-state index in [9.17, 15) is 17.9 Å². The highest BCUT2D eigenvalue weighted by Crippen LogP contribution is 2.37. The van der Waals surface area contributed by atoms with Gasteiger partial charge in [-0.05, 0) is 47.5 Å². The van der Waals surface area contributed by atoms with Crippen molar-refractivity contribution in [1.29, 1.82) is 0 Å². The largest absolute Gasteiger partial charge is 0.505 e. The molecular formula is C19H14Cl2FNO4S. The number of phenolic OH excluding ortho intramolecular Hbond substituents is 1. The molecule has 146 valence electrons. The molecule has 2 N–H and O–H groups in total. The Morgan fingerprint density at radius 3 is 2.29 bits per heavy atom. The normalized spacial score (nSPS) is 11.3. The van der Waals surface area contributed by atoms with E-state index in [0.29, 0.717) is 11.1 Å². The summed E-state index contributed by atoms with van der Waals surface area (Å²) >= 11 is 11.7. The third kappa shape index (κ3) is 4.16. The first-order valence-electron chi connectivity index (χ1n) is 7.86. The number of rotatable bonds is 5. The van der Waals surface area contributed by atoms with Crippen molar-refractivity contribution < 1.29 is 22.7 Å². The molecular weight excluding hydrogens is 428 g/mol. The molecule has 0 bridgehead atoms. The van der Waals surface area contributed by atoms with E-state index < -0.39 is 20.7 Å². The first-order valence-corrected chi connectivity index (χ1v) is 10.1. The van der Waals surface area contributed by atoms with Gasteiger partial charge < -0.3 is 9.84 Å². The molecule has 0 radical (unpaired) electrons. The molecule has 0 aromatic heterocycles. The molecule has 0 unspecified atom stereocenters. The average molecular weight is 442 g/mol. The zero-order valence-corrected chi connectivity index (χ0v) is 16.7. The van der Waals surface area contributed by atoms with E-state index in [1.807, 2.05) is 0 Å². The molecule has 3 rings (SSSR count). The van der Waals surface area contributed by atoms with Crippen LogP contribution < -0.4 is 9.46 Å². The Morgan fingerprint density at radius 2 is 1.64 bits per heavy atom. The smallest absolute Gasteiger partial charge is 0.265 e. The second kappa shape index (κ2) is 7.87. The van der Waals surface area contributed by atoms with Crippen molar-refractivity contribution in [3.8, 4) is 22.6 Å². The summed E-state index contributed by atoms with van der Waals surface area (Å²) in [6, 6.07) is 12.9. The number of nitrogens with one attached hydrogen (secondary N) is 1. The van der Waals surface area contributed by atoms with Crippen LogP contribution in [0.25, 0.3) is 11.1 Å². The SMILES string of the molecule is COc1ccc(-c2ccc(F)cc2)cc1NS(=O)(=O)c1cc(Cl)cc(Cl)c1O. The lowest BCUT2D eigenvalue weighted by Crippen LogP contribution is -2.14. The van der Waals surface area contributed by atoms with Crippen LogP contribution in [0.1, 0.15) is 0 Å². The number of methoxy groups -OCH3 is 1. The van der Waals surface area contributed by atoms with Gasteiger partial charge in [-0.1, -0.05) is 41.4 Å². The molecule has 9 heteroatoms. The summed E-state index contributed by atoms with van der Waals surface area (Å²) in [6.45, 7) is 0. The predicted molar refractivity (Wildman–Crippen MR) is 107 cm³/mol. The maximum absolute atomic E-state index is 13.2. The van der Waals surface area contributed by atoms with E-state index in [1.54, 1.807) is 24.3 Å². The Bertz CT molecular complexity index is 1140. The van der Waals surface area contributed by atoms with E-state index in [0.717, 1.165) is 6.07 Å². The second-order valence-electron chi connectivity index (χ2n) is 5.76. The molecule has 0 heterocycles. The third-order valence-corrected chi connectivity index (χ3v) is 5.79. The van der Waals surface area contributed by atoms with Gasteiger partial charge in [0.05, 0.1) is 17.8 Å². The van der Waals surface area contributed by atoms with Crippen molar-refractivity contribution in [2.24, 2.45) is 0 Å². The number of halogens is 3. The van der Waals surface area contributed by atoms with E-state index in [4.69, 9.17) is 27.9 Å². The first kappa shape index (κ1) is 20.3. The third-order valence-electron chi connectivity index (χ3n) is 3.90. The van der Waals surface area contributed by atoms with Gasteiger partial charge in [0, 0.05) is 5.02 Å². The summed E-state index contributed by atoms with van der Waals surface area (Å²) in [4.78, 5) is -0.473. The highest BCUT2D eigenvalue weighted by molar-refractivity contribution is 7.92. The van der Waals surface area contributed by atoms with Crippen LogP contribution >= 0.6 is 23.2 Å². The fourth-order valence-electron chi connectivity index (χ4n) is 2.56. The van der Waals surface area contributed by atoms with Gasteiger partial charge in [0.1, 0.15) is 16.5 Å². The summed E-state index contributed by atoms with van der Waals surface area (Å²) < 4.78 is 46.3. The molecule has 5 nitrogen and oxygen atoms in total. The number of sulfonamides is 1. The Kier molecular flexibility index (Phi) is 5.69. The number of anilines is 1. The molecule has 0 saturated carbocycles. The number of ether oxygens (including phenoxy) is 1. The van der Waals surface area contributed by atoms with Crippen LogP contribution in [0.5, 0.6) is 11.5 Å². The van der Waals surface area contributed by atoms with Crippen LogP contribution in [0, 0.1) is 5.82 Å². The first-order chi connectivity index (χ1) is 13.2. The maximum Gasteiger partial charge on any atom is 0.265 e. The van der Waals surface area contributed by atoms with E-state index in [2.05, 4.69) is 4.72 Å². The van der Waals surface area contributed by atoms with Gasteiger partial charge in [-0.15, -0.1) is 0 Å². The van der Waals surface area contributed by atoms with Crippen LogP contribution in [0.3, 0.4) is 0 Å². The number of aromatic hydroxyl groups is 1.